The van der Waals surface area contributed by atoms with Gasteiger partial charge in [-0.2, -0.15) is 0 Å². The molecule has 1 atom stereocenters. The quantitative estimate of drug-likeness (QED) is 0.0261. The number of esters is 3. The van der Waals surface area contributed by atoms with Crippen LogP contribution in [-0.4, -0.2) is 37.2 Å². The van der Waals surface area contributed by atoms with Crippen LogP contribution in [0.3, 0.4) is 0 Å². The van der Waals surface area contributed by atoms with E-state index in [0.29, 0.717) is 19.3 Å². The van der Waals surface area contributed by atoms with Crippen LogP contribution in [0.15, 0.2) is 158 Å². The molecule has 0 heterocycles. The van der Waals surface area contributed by atoms with Crippen LogP contribution < -0.4 is 0 Å². The van der Waals surface area contributed by atoms with Gasteiger partial charge in [-0.1, -0.05) is 301 Å². The van der Waals surface area contributed by atoms with E-state index >= 15 is 0 Å². The Balaban J connectivity index is 4.37. The zero-order chi connectivity index (χ0) is 59.9. The molecule has 0 rings (SSSR count). The maximum Gasteiger partial charge on any atom is 0.306 e. The fraction of sp³-hybridized carbons (Fsp3) is 0.623. The fourth-order valence-corrected chi connectivity index (χ4v) is 9.01. The van der Waals surface area contributed by atoms with Crippen LogP contribution >= 0.6 is 0 Å². The van der Waals surface area contributed by atoms with E-state index < -0.39 is 6.10 Å². The van der Waals surface area contributed by atoms with Gasteiger partial charge in [0, 0.05) is 19.3 Å². The molecular weight excluding hydrogens is 1020 g/mol. The summed E-state index contributed by atoms with van der Waals surface area (Å²) in [7, 11) is 0. The van der Waals surface area contributed by atoms with Crippen molar-refractivity contribution in [2.75, 3.05) is 13.2 Å². The lowest BCUT2D eigenvalue weighted by atomic mass is 10.0. The molecule has 6 heteroatoms. The van der Waals surface area contributed by atoms with Crippen LogP contribution in [0.25, 0.3) is 0 Å². The van der Waals surface area contributed by atoms with Crippen molar-refractivity contribution in [3.05, 3.63) is 158 Å². The maximum atomic E-state index is 12.9. The summed E-state index contributed by atoms with van der Waals surface area (Å²) < 4.78 is 16.9. The van der Waals surface area contributed by atoms with Gasteiger partial charge in [0.1, 0.15) is 13.2 Å². The van der Waals surface area contributed by atoms with Gasteiger partial charge in [-0.25, -0.2) is 0 Å². The van der Waals surface area contributed by atoms with Crippen molar-refractivity contribution < 1.29 is 28.6 Å². The second kappa shape index (κ2) is 69.5. The molecule has 0 bridgehead atoms. The van der Waals surface area contributed by atoms with Gasteiger partial charge in [0.05, 0.1) is 0 Å². The summed E-state index contributed by atoms with van der Waals surface area (Å²) in [5, 5.41) is 0. The highest BCUT2D eigenvalue weighted by Crippen LogP contribution is 2.16. The van der Waals surface area contributed by atoms with Crippen LogP contribution in [0, 0.1) is 0 Å². The first-order valence-electron chi connectivity index (χ1n) is 34.0. The van der Waals surface area contributed by atoms with E-state index in [9.17, 15) is 14.4 Å². The van der Waals surface area contributed by atoms with E-state index in [1.54, 1.807) is 0 Å². The number of carbonyl (C=O) groups is 3. The number of rotatable bonds is 60. The van der Waals surface area contributed by atoms with Gasteiger partial charge < -0.3 is 14.2 Å². The largest absolute Gasteiger partial charge is 0.462 e. The van der Waals surface area contributed by atoms with Gasteiger partial charge in [-0.3, -0.25) is 14.4 Å². The minimum Gasteiger partial charge on any atom is -0.462 e. The van der Waals surface area contributed by atoms with Crippen LogP contribution in [0.2, 0.25) is 0 Å². The second-order valence-electron chi connectivity index (χ2n) is 22.0. The molecular formula is C77H124O6. The molecule has 83 heavy (non-hydrogen) atoms. The van der Waals surface area contributed by atoms with E-state index in [4.69, 9.17) is 14.2 Å². The molecule has 0 N–H and O–H groups in total. The average molecular weight is 1150 g/mol. The van der Waals surface area contributed by atoms with E-state index in [2.05, 4.69) is 179 Å². The smallest absolute Gasteiger partial charge is 0.306 e. The molecule has 0 aromatic rings. The number of hydrogen-bond donors (Lipinski definition) is 0. The highest BCUT2D eigenvalue weighted by atomic mass is 16.6. The lowest BCUT2D eigenvalue weighted by Crippen LogP contribution is -2.30. The van der Waals surface area contributed by atoms with Gasteiger partial charge >= 0.3 is 17.9 Å². The van der Waals surface area contributed by atoms with Crippen molar-refractivity contribution >= 4 is 17.9 Å². The molecule has 6 nitrogen and oxygen atoms in total. The van der Waals surface area contributed by atoms with Crippen LogP contribution in [-0.2, 0) is 28.6 Å². The lowest BCUT2D eigenvalue weighted by molar-refractivity contribution is -0.167. The van der Waals surface area contributed by atoms with Gasteiger partial charge in [0.15, 0.2) is 6.10 Å². The average Bonchev–Trinajstić information content (AvgIpc) is 3.48. The highest BCUT2D eigenvalue weighted by molar-refractivity contribution is 5.71. The summed E-state index contributed by atoms with van der Waals surface area (Å²) in [6.45, 7) is 6.38. The third kappa shape index (κ3) is 67.7. The Kier molecular flexibility index (Phi) is 65.4. The van der Waals surface area contributed by atoms with Crippen LogP contribution in [0.1, 0.15) is 290 Å². The van der Waals surface area contributed by atoms with Crippen molar-refractivity contribution in [2.24, 2.45) is 0 Å². The minimum absolute atomic E-state index is 0.0936. The van der Waals surface area contributed by atoms with Gasteiger partial charge in [-0.05, 0) is 128 Å². The molecule has 0 aromatic carbocycles. The molecule has 0 saturated heterocycles. The Labute approximate surface area is 511 Å². The predicted octanol–water partition coefficient (Wildman–Crippen LogP) is 23.7. The summed E-state index contributed by atoms with van der Waals surface area (Å²) in [5.74, 6) is -0.932. The number of ether oxygens (including phenoxy) is 3. The van der Waals surface area contributed by atoms with E-state index in [1.807, 2.05) is 0 Å². The summed E-state index contributed by atoms with van der Waals surface area (Å²) in [6.07, 6.45) is 101. The Morgan fingerprint density at radius 2 is 0.470 bits per heavy atom. The number of carbonyl (C=O) groups excluding carboxylic acids is 3. The van der Waals surface area contributed by atoms with Crippen molar-refractivity contribution in [1.82, 2.24) is 0 Å². The van der Waals surface area contributed by atoms with E-state index in [0.717, 1.165) is 148 Å². The zero-order valence-electron chi connectivity index (χ0n) is 53.7. The molecule has 0 aliphatic heterocycles. The third-order valence-electron chi connectivity index (χ3n) is 14.0. The first-order valence-corrected chi connectivity index (χ1v) is 34.0. The van der Waals surface area contributed by atoms with Gasteiger partial charge in [0.25, 0.3) is 0 Å². The molecule has 0 aliphatic carbocycles. The monoisotopic (exact) mass is 1140 g/mol. The molecule has 468 valence electrons. The standard InChI is InChI=1S/C77H124O6/c1-4-7-10-13-16-19-22-24-26-28-30-32-34-35-36-37-38-39-40-41-43-44-46-48-50-52-55-58-61-64-67-70-76(79)82-73-74(72-81-75(78)69-66-63-60-57-54-21-18-15-12-9-6-3)83-77(80)71-68-65-62-59-56-53-51-49-47-45-42-33-31-29-27-25-23-20-17-14-11-8-5-2/h7-8,10-11,16-17,19-20,24-27,30-33,35-36,38-39,41,43,46,48,52,55,74H,4-6,9,12-15,18,21-23,28-29,34,37,40,42,44-45,47,49-51,53-54,56-73H2,1-3H3/b10-7-,11-8-,19-16-,20-17-,26-24-,27-25-,32-30-,33-31-,36-35-,39-38-,43-41-,48-46-,55-52-. The second-order valence-corrected chi connectivity index (χ2v) is 22.0. The first kappa shape index (κ1) is 78.0. The molecule has 1 unspecified atom stereocenters. The lowest BCUT2D eigenvalue weighted by Gasteiger charge is -2.18. The third-order valence-corrected chi connectivity index (χ3v) is 14.0. The van der Waals surface area contributed by atoms with Gasteiger partial charge in [-0.15, -0.1) is 0 Å². The number of hydrogen-bond acceptors (Lipinski definition) is 6. The molecule has 0 saturated carbocycles. The number of allylic oxidation sites excluding steroid dienone is 26. The molecule has 0 amide bonds. The normalized spacial score (nSPS) is 13.1. The Bertz CT molecular complexity index is 1840. The molecule has 0 radical (unpaired) electrons. The topological polar surface area (TPSA) is 78.9 Å². The van der Waals surface area contributed by atoms with Crippen molar-refractivity contribution in [3.63, 3.8) is 0 Å². The van der Waals surface area contributed by atoms with Crippen LogP contribution in [0.5, 0.6) is 0 Å². The van der Waals surface area contributed by atoms with E-state index in [1.165, 1.54) is 103 Å². The van der Waals surface area contributed by atoms with Crippen molar-refractivity contribution in [3.8, 4) is 0 Å². The molecule has 0 fully saturated rings. The zero-order valence-corrected chi connectivity index (χ0v) is 53.7. The highest BCUT2D eigenvalue weighted by Gasteiger charge is 2.19. The summed E-state index contributed by atoms with van der Waals surface area (Å²) in [5.41, 5.74) is 0. The number of unbranched alkanes of at least 4 members (excludes halogenated alkanes) is 23. The molecule has 0 aromatic heterocycles. The summed E-state index contributed by atoms with van der Waals surface area (Å²) in [6, 6.07) is 0. The minimum atomic E-state index is -0.801. The van der Waals surface area contributed by atoms with E-state index in [-0.39, 0.29) is 31.1 Å². The Morgan fingerprint density at radius 1 is 0.253 bits per heavy atom. The Hall–Kier alpha value is -4.97. The van der Waals surface area contributed by atoms with Crippen molar-refractivity contribution in [2.45, 2.75) is 297 Å². The summed E-state index contributed by atoms with van der Waals surface area (Å²) >= 11 is 0. The SMILES string of the molecule is CC/C=C\C/C=C\C/C=C\C/C=C\C/C=C\C/C=C\C/C=C\C/C=C\C/C=C\CCCCCC(=O)OCC(COC(=O)CCCCCCCCCCCCC)OC(=O)CCCCCCCCCCCC/C=C\C/C=C\C/C=C\C/C=C\CC. The van der Waals surface area contributed by atoms with Crippen molar-refractivity contribution in [1.29, 1.82) is 0 Å². The first-order chi connectivity index (χ1) is 41.0. The summed E-state index contributed by atoms with van der Waals surface area (Å²) in [4.78, 5) is 38.3. The van der Waals surface area contributed by atoms with Crippen LogP contribution in [0.4, 0.5) is 0 Å². The molecule has 0 spiro atoms. The Morgan fingerprint density at radius 3 is 0.747 bits per heavy atom. The molecule has 0 aliphatic rings. The maximum absolute atomic E-state index is 12.9. The fourth-order valence-electron chi connectivity index (χ4n) is 9.01. The predicted molar refractivity (Wildman–Crippen MR) is 362 cm³/mol. The van der Waals surface area contributed by atoms with Gasteiger partial charge in [0.2, 0.25) is 0 Å².